The van der Waals surface area contributed by atoms with E-state index < -0.39 is 10.1 Å². The van der Waals surface area contributed by atoms with Gasteiger partial charge in [-0.25, -0.2) is 0 Å². The van der Waals surface area contributed by atoms with E-state index >= 15 is 0 Å². The highest BCUT2D eigenvalue weighted by Gasteiger charge is 2.07. The second kappa shape index (κ2) is 8.88. The SMILES string of the molecule is CC.CC.O=S(=O)(O)c1ccc(Br)cc1. The van der Waals surface area contributed by atoms with Gasteiger partial charge in [-0.05, 0) is 24.3 Å². The van der Waals surface area contributed by atoms with Crippen molar-refractivity contribution in [2.75, 3.05) is 0 Å². The van der Waals surface area contributed by atoms with Crippen molar-refractivity contribution in [3.05, 3.63) is 28.7 Å². The number of benzene rings is 1. The van der Waals surface area contributed by atoms with Crippen LogP contribution in [0.2, 0.25) is 0 Å². The molecule has 0 aromatic heterocycles. The van der Waals surface area contributed by atoms with E-state index in [1.807, 2.05) is 27.7 Å². The predicted octanol–water partition coefficient (Wildman–Crippen LogP) is 3.75. The monoisotopic (exact) mass is 296 g/mol. The summed E-state index contributed by atoms with van der Waals surface area (Å²) < 4.78 is 30.3. The summed E-state index contributed by atoms with van der Waals surface area (Å²) in [6.07, 6.45) is 0. The fraction of sp³-hybridized carbons (Fsp3) is 0.400. The molecule has 1 rings (SSSR count). The molecule has 0 bridgehead atoms. The molecule has 0 fully saturated rings. The highest BCUT2D eigenvalue weighted by molar-refractivity contribution is 9.10. The molecule has 1 N–H and O–H groups in total. The molecule has 0 heterocycles. The van der Waals surface area contributed by atoms with Crippen LogP contribution in [-0.2, 0) is 10.1 Å². The molecule has 88 valence electrons. The summed E-state index contributed by atoms with van der Waals surface area (Å²) in [7, 11) is -4.04. The first-order valence-corrected chi connectivity index (χ1v) is 6.96. The Balaban J connectivity index is 0. The lowest BCUT2D eigenvalue weighted by Crippen LogP contribution is -1.96. The van der Waals surface area contributed by atoms with E-state index in [1.165, 1.54) is 12.1 Å². The van der Waals surface area contributed by atoms with Crippen LogP contribution in [0.15, 0.2) is 33.6 Å². The largest absolute Gasteiger partial charge is 0.294 e. The van der Waals surface area contributed by atoms with Gasteiger partial charge in [0.15, 0.2) is 0 Å². The third kappa shape index (κ3) is 7.53. The summed E-state index contributed by atoms with van der Waals surface area (Å²) >= 11 is 3.14. The van der Waals surface area contributed by atoms with Gasteiger partial charge in [-0.3, -0.25) is 4.55 Å². The maximum Gasteiger partial charge on any atom is 0.294 e. The first kappa shape index (κ1) is 17.0. The minimum absolute atomic E-state index is 0.0966. The van der Waals surface area contributed by atoms with Gasteiger partial charge in [0.2, 0.25) is 0 Å². The summed E-state index contributed by atoms with van der Waals surface area (Å²) in [5, 5.41) is 0. The number of hydrogen-bond donors (Lipinski definition) is 1. The molecule has 0 amide bonds. The van der Waals surface area contributed by atoms with Crippen molar-refractivity contribution < 1.29 is 13.0 Å². The van der Waals surface area contributed by atoms with E-state index in [2.05, 4.69) is 15.9 Å². The maximum absolute atomic E-state index is 10.5. The molecule has 0 radical (unpaired) electrons. The molecule has 0 saturated carbocycles. The quantitative estimate of drug-likeness (QED) is 0.803. The lowest BCUT2D eigenvalue weighted by atomic mass is 10.4. The van der Waals surface area contributed by atoms with E-state index in [-0.39, 0.29) is 4.90 Å². The van der Waals surface area contributed by atoms with Gasteiger partial charge in [0.25, 0.3) is 10.1 Å². The van der Waals surface area contributed by atoms with Crippen LogP contribution in [-0.4, -0.2) is 13.0 Å². The van der Waals surface area contributed by atoms with Gasteiger partial charge in [-0.1, -0.05) is 43.6 Å². The van der Waals surface area contributed by atoms with Crippen molar-refractivity contribution in [3.63, 3.8) is 0 Å². The minimum atomic E-state index is -4.04. The van der Waals surface area contributed by atoms with Crippen LogP contribution in [0.1, 0.15) is 27.7 Å². The molecule has 0 aliphatic rings. The van der Waals surface area contributed by atoms with E-state index in [9.17, 15) is 8.42 Å². The zero-order chi connectivity index (χ0) is 12.5. The van der Waals surface area contributed by atoms with Gasteiger partial charge in [0.05, 0.1) is 4.90 Å². The number of rotatable bonds is 1. The Morgan fingerprint density at radius 3 is 1.60 bits per heavy atom. The summed E-state index contributed by atoms with van der Waals surface area (Å²) in [4.78, 5) is -0.0966. The Labute approximate surface area is 100 Å². The molecule has 0 aliphatic heterocycles. The highest BCUT2D eigenvalue weighted by atomic mass is 79.9. The maximum atomic E-state index is 10.5. The first-order chi connectivity index (χ1) is 7.00. The van der Waals surface area contributed by atoms with Crippen molar-refractivity contribution in [1.29, 1.82) is 0 Å². The zero-order valence-corrected chi connectivity index (χ0v) is 11.8. The van der Waals surface area contributed by atoms with Crippen molar-refractivity contribution in [1.82, 2.24) is 0 Å². The Kier molecular flexibility index (Phi) is 10.1. The molecule has 5 heteroatoms. The topological polar surface area (TPSA) is 54.4 Å². The van der Waals surface area contributed by atoms with E-state index in [0.29, 0.717) is 0 Å². The van der Waals surface area contributed by atoms with Crippen LogP contribution in [0, 0.1) is 0 Å². The van der Waals surface area contributed by atoms with Crippen LogP contribution in [0.4, 0.5) is 0 Å². The Hall–Kier alpha value is -0.390. The molecule has 1 aromatic carbocycles. The molecule has 0 saturated heterocycles. The Morgan fingerprint density at radius 1 is 1.00 bits per heavy atom. The molecule has 3 nitrogen and oxygen atoms in total. The normalized spacial score (nSPS) is 9.20. The molecular formula is C10H17BrO3S. The van der Waals surface area contributed by atoms with Crippen molar-refractivity contribution in [2.24, 2.45) is 0 Å². The van der Waals surface area contributed by atoms with Crippen LogP contribution in [0.3, 0.4) is 0 Å². The molecule has 0 unspecified atom stereocenters. The average molecular weight is 297 g/mol. The molecular weight excluding hydrogens is 280 g/mol. The average Bonchev–Trinajstić information content (AvgIpc) is 2.23. The number of hydrogen-bond acceptors (Lipinski definition) is 2. The van der Waals surface area contributed by atoms with Gasteiger partial charge in [-0.2, -0.15) is 8.42 Å². The first-order valence-electron chi connectivity index (χ1n) is 4.73. The van der Waals surface area contributed by atoms with E-state index in [4.69, 9.17) is 4.55 Å². The van der Waals surface area contributed by atoms with Crippen molar-refractivity contribution in [2.45, 2.75) is 32.6 Å². The fourth-order valence-corrected chi connectivity index (χ4v) is 1.35. The second-order valence-electron chi connectivity index (χ2n) is 1.93. The van der Waals surface area contributed by atoms with Gasteiger partial charge in [0.1, 0.15) is 0 Å². The van der Waals surface area contributed by atoms with Crippen LogP contribution < -0.4 is 0 Å². The van der Waals surface area contributed by atoms with Crippen molar-refractivity contribution in [3.8, 4) is 0 Å². The molecule has 1 aromatic rings. The summed E-state index contributed by atoms with van der Waals surface area (Å²) in [5.74, 6) is 0. The van der Waals surface area contributed by atoms with Gasteiger partial charge in [-0.15, -0.1) is 0 Å². The predicted molar refractivity (Wildman–Crippen MR) is 66.7 cm³/mol. The van der Waals surface area contributed by atoms with Gasteiger partial charge in [0, 0.05) is 4.47 Å². The van der Waals surface area contributed by atoms with Crippen LogP contribution in [0.5, 0.6) is 0 Å². The smallest absolute Gasteiger partial charge is 0.282 e. The summed E-state index contributed by atoms with van der Waals surface area (Å²) in [6.45, 7) is 8.00. The standard InChI is InChI=1S/C6H5BrO3S.2C2H6/c7-5-1-3-6(4-2-5)11(8,9)10;2*1-2/h1-4H,(H,8,9,10);2*1-2H3. The Morgan fingerprint density at radius 2 is 1.33 bits per heavy atom. The molecule has 0 spiro atoms. The highest BCUT2D eigenvalue weighted by Crippen LogP contribution is 2.13. The second-order valence-corrected chi connectivity index (χ2v) is 4.27. The third-order valence-electron chi connectivity index (χ3n) is 1.11. The fourth-order valence-electron chi connectivity index (χ4n) is 0.607. The molecule has 0 aliphatic carbocycles. The molecule has 15 heavy (non-hydrogen) atoms. The van der Waals surface area contributed by atoms with Gasteiger partial charge >= 0.3 is 0 Å². The van der Waals surface area contributed by atoms with Crippen molar-refractivity contribution >= 4 is 26.0 Å². The minimum Gasteiger partial charge on any atom is -0.282 e. The summed E-state index contributed by atoms with van der Waals surface area (Å²) in [5.41, 5.74) is 0. The Bertz CT molecular complexity index is 343. The third-order valence-corrected chi connectivity index (χ3v) is 2.51. The number of halogens is 1. The lowest BCUT2D eigenvalue weighted by Gasteiger charge is -1.94. The van der Waals surface area contributed by atoms with Crippen LogP contribution in [0.25, 0.3) is 0 Å². The van der Waals surface area contributed by atoms with E-state index in [1.54, 1.807) is 12.1 Å². The van der Waals surface area contributed by atoms with E-state index in [0.717, 1.165) is 4.47 Å². The zero-order valence-electron chi connectivity index (χ0n) is 9.36. The lowest BCUT2D eigenvalue weighted by molar-refractivity contribution is 0.483. The van der Waals surface area contributed by atoms with Crippen LogP contribution >= 0.6 is 15.9 Å². The summed E-state index contributed by atoms with van der Waals surface area (Å²) in [6, 6.07) is 5.73. The van der Waals surface area contributed by atoms with Gasteiger partial charge < -0.3 is 0 Å². The molecule has 0 atom stereocenters.